The molecule has 2 heterocycles. The molecule has 0 amide bonds. The van der Waals surface area contributed by atoms with Gasteiger partial charge < -0.3 is 14.8 Å². The van der Waals surface area contributed by atoms with Crippen LogP contribution >= 0.6 is 22.6 Å². The van der Waals surface area contributed by atoms with E-state index in [1.54, 1.807) is 0 Å². The van der Waals surface area contributed by atoms with E-state index >= 15 is 0 Å². The number of anilines is 1. The third-order valence-corrected chi connectivity index (χ3v) is 2.85. The Bertz CT molecular complexity index is 509. The second-order valence-electron chi connectivity index (χ2n) is 2.92. The Labute approximate surface area is 104 Å². The van der Waals surface area contributed by atoms with Crippen LogP contribution in [0.1, 0.15) is 5.82 Å². The summed E-state index contributed by atoms with van der Waals surface area (Å²) in [6, 6.07) is 0. The Morgan fingerprint density at radius 2 is 2.38 bits per heavy atom. The molecule has 0 radical (unpaired) electrons. The lowest BCUT2D eigenvalue weighted by atomic mass is 10.4. The van der Waals surface area contributed by atoms with Gasteiger partial charge in [-0.05, 0) is 22.6 Å². The van der Waals surface area contributed by atoms with Gasteiger partial charge in [-0.1, -0.05) is 5.16 Å². The lowest BCUT2D eigenvalue weighted by Gasteiger charge is -2.04. The van der Waals surface area contributed by atoms with Crippen LogP contribution in [-0.2, 0) is 6.42 Å². The topological polar surface area (TPSA) is 96.7 Å². The molecule has 2 N–H and O–H groups in total. The van der Waals surface area contributed by atoms with E-state index in [-0.39, 0.29) is 5.56 Å². The van der Waals surface area contributed by atoms with Gasteiger partial charge in [0.25, 0.3) is 5.56 Å². The number of hydrogen-bond acceptors (Lipinski definition) is 6. The van der Waals surface area contributed by atoms with E-state index in [9.17, 15) is 4.79 Å². The van der Waals surface area contributed by atoms with E-state index in [0.29, 0.717) is 28.2 Å². The molecule has 0 saturated carbocycles. The first-order chi connectivity index (χ1) is 7.77. The van der Waals surface area contributed by atoms with Crippen LogP contribution < -0.4 is 10.9 Å². The number of rotatable bonds is 4. The molecule has 2 rings (SSSR count). The Morgan fingerprint density at radius 1 is 1.50 bits per heavy atom. The van der Waals surface area contributed by atoms with Gasteiger partial charge in [0.2, 0.25) is 6.39 Å². The monoisotopic (exact) mass is 333 g/mol. The minimum Gasteiger partial charge on any atom is -0.369 e. The molecule has 0 atom stereocenters. The number of H-pyrrole nitrogens is 1. The van der Waals surface area contributed by atoms with E-state index < -0.39 is 0 Å². The van der Waals surface area contributed by atoms with Gasteiger partial charge in [0.15, 0.2) is 5.82 Å². The van der Waals surface area contributed by atoms with Crippen molar-refractivity contribution in [2.75, 3.05) is 11.9 Å². The van der Waals surface area contributed by atoms with Gasteiger partial charge in [-0.15, -0.1) is 0 Å². The third kappa shape index (κ3) is 2.56. The number of halogens is 1. The largest absolute Gasteiger partial charge is 0.369 e. The van der Waals surface area contributed by atoms with Crippen LogP contribution in [0.15, 0.2) is 22.0 Å². The molecule has 0 aliphatic rings. The highest BCUT2D eigenvalue weighted by molar-refractivity contribution is 14.1. The zero-order valence-corrected chi connectivity index (χ0v) is 10.3. The fraction of sp³-hybridized carbons (Fsp3) is 0.250. The van der Waals surface area contributed by atoms with Crippen molar-refractivity contribution in [3.05, 3.63) is 32.5 Å². The summed E-state index contributed by atoms with van der Waals surface area (Å²) in [5.74, 6) is 1.18. The molecule has 0 saturated heterocycles. The van der Waals surface area contributed by atoms with Crippen LogP contribution in [0.4, 0.5) is 5.82 Å². The van der Waals surface area contributed by atoms with Crippen LogP contribution in [0.5, 0.6) is 0 Å². The molecule has 8 heteroatoms. The van der Waals surface area contributed by atoms with Crippen LogP contribution in [0.3, 0.4) is 0 Å². The molecule has 84 valence electrons. The Hall–Kier alpha value is -1.45. The number of nitrogens with zero attached hydrogens (tertiary/aromatic N) is 3. The van der Waals surface area contributed by atoms with E-state index in [1.165, 1.54) is 12.7 Å². The highest BCUT2D eigenvalue weighted by Crippen LogP contribution is 2.08. The number of nitrogens with one attached hydrogen (secondary N) is 2. The highest BCUT2D eigenvalue weighted by Gasteiger charge is 2.04. The van der Waals surface area contributed by atoms with Crippen LogP contribution in [-0.4, -0.2) is 26.7 Å². The minimum absolute atomic E-state index is 0.155. The summed E-state index contributed by atoms with van der Waals surface area (Å²) in [4.78, 5) is 21.6. The standard InChI is InChI=1S/C8H8IN5O2/c9-6-7(11-3-12-8(6)15)10-2-1-5-13-4-16-14-5/h3-4H,1-2H2,(H2,10,11,12,15). The normalized spacial score (nSPS) is 10.3. The van der Waals surface area contributed by atoms with Gasteiger partial charge in [-0.25, -0.2) is 4.98 Å². The molecule has 2 aromatic rings. The van der Waals surface area contributed by atoms with Crippen molar-refractivity contribution >= 4 is 28.4 Å². The van der Waals surface area contributed by atoms with Gasteiger partial charge in [0.1, 0.15) is 9.39 Å². The molecule has 0 bridgehead atoms. The Kier molecular flexibility index (Phi) is 3.49. The molecule has 0 spiro atoms. The van der Waals surface area contributed by atoms with E-state index in [2.05, 4.69) is 29.9 Å². The van der Waals surface area contributed by atoms with E-state index in [0.717, 1.165) is 0 Å². The smallest absolute Gasteiger partial charge is 0.266 e. The summed E-state index contributed by atoms with van der Waals surface area (Å²) in [6.07, 6.45) is 3.26. The number of aromatic amines is 1. The summed E-state index contributed by atoms with van der Waals surface area (Å²) in [7, 11) is 0. The summed E-state index contributed by atoms with van der Waals surface area (Å²) >= 11 is 1.94. The lowest BCUT2D eigenvalue weighted by Crippen LogP contribution is -2.16. The average molecular weight is 333 g/mol. The van der Waals surface area contributed by atoms with Gasteiger partial charge in [-0.3, -0.25) is 4.79 Å². The summed E-state index contributed by atoms with van der Waals surface area (Å²) < 4.78 is 5.13. The molecular weight excluding hydrogens is 325 g/mol. The molecule has 0 unspecified atom stereocenters. The Balaban J connectivity index is 1.95. The first-order valence-electron chi connectivity index (χ1n) is 4.49. The molecule has 0 aliphatic carbocycles. The zero-order chi connectivity index (χ0) is 11.4. The maximum Gasteiger partial charge on any atom is 0.266 e. The lowest BCUT2D eigenvalue weighted by molar-refractivity contribution is 0.410. The fourth-order valence-electron chi connectivity index (χ4n) is 1.10. The first-order valence-corrected chi connectivity index (χ1v) is 5.57. The Morgan fingerprint density at radius 3 is 3.12 bits per heavy atom. The van der Waals surface area contributed by atoms with E-state index in [4.69, 9.17) is 0 Å². The summed E-state index contributed by atoms with van der Waals surface area (Å²) in [5.41, 5.74) is -0.155. The van der Waals surface area contributed by atoms with Gasteiger partial charge in [0, 0.05) is 13.0 Å². The van der Waals surface area contributed by atoms with Crippen molar-refractivity contribution in [1.29, 1.82) is 0 Å². The number of aromatic nitrogens is 4. The van der Waals surface area contributed by atoms with Gasteiger partial charge in [-0.2, -0.15) is 4.98 Å². The van der Waals surface area contributed by atoms with E-state index in [1.807, 2.05) is 22.6 Å². The second-order valence-corrected chi connectivity index (χ2v) is 4.00. The van der Waals surface area contributed by atoms with Gasteiger partial charge in [0.05, 0.1) is 6.33 Å². The van der Waals surface area contributed by atoms with Crippen molar-refractivity contribution < 1.29 is 4.52 Å². The predicted octanol–water partition coefficient (Wildman–Crippen LogP) is 0.412. The molecule has 7 nitrogen and oxygen atoms in total. The van der Waals surface area contributed by atoms with Crippen LogP contribution in [0, 0.1) is 3.57 Å². The SMILES string of the molecule is O=c1[nH]cnc(NCCc2ncon2)c1I. The molecular formula is C8H8IN5O2. The molecule has 0 aromatic carbocycles. The predicted molar refractivity (Wildman–Crippen MR) is 64.1 cm³/mol. The van der Waals surface area contributed by atoms with Crippen molar-refractivity contribution in [1.82, 2.24) is 20.1 Å². The average Bonchev–Trinajstić information content (AvgIpc) is 2.77. The molecule has 16 heavy (non-hydrogen) atoms. The van der Waals surface area contributed by atoms with Crippen molar-refractivity contribution in [2.45, 2.75) is 6.42 Å². The summed E-state index contributed by atoms with van der Waals surface area (Å²) in [5, 5.41) is 6.70. The minimum atomic E-state index is -0.155. The van der Waals surface area contributed by atoms with Crippen molar-refractivity contribution in [2.24, 2.45) is 0 Å². The first kappa shape index (κ1) is 11.0. The third-order valence-electron chi connectivity index (χ3n) is 1.84. The second kappa shape index (κ2) is 5.05. The maximum atomic E-state index is 11.2. The highest BCUT2D eigenvalue weighted by atomic mass is 127. The fourth-order valence-corrected chi connectivity index (χ4v) is 1.59. The molecule has 0 fully saturated rings. The van der Waals surface area contributed by atoms with Crippen LogP contribution in [0.2, 0.25) is 0 Å². The zero-order valence-electron chi connectivity index (χ0n) is 8.11. The van der Waals surface area contributed by atoms with Crippen molar-refractivity contribution in [3.63, 3.8) is 0 Å². The van der Waals surface area contributed by atoms with Gasteiger partial charge >= 0.3 is 0 Å². The molecule has 2 aromatic heterocycles. The summed E-state index contributed by atoms with van der Waals surface area (Å²) in [6.45, 7) is 0.589. The van der Waals surface area contributed by atoms with Crippen molar-refractivity contribution in [3.8, 4) is 0 Å². The van der Waals surface area contributed by atoms with Crippen LogP contribution in [0.25, 0.3) is 0 Å². The quantitative estimate of drug-likeness (QED) is 0.787. The number of hydrogen-bond donors (Lipinski definition) is 2. The maximum absolute atomic E-state index is 11.2. The molecule has 0 aliphatic heterocycles.